The summed E-state index contributed by atoms with van der Waals surface area (Å²) in [5.74, 6) is 0.870. The fraction of sp³-hybridized carbons (Fsp3) is 0.182. The molecule has 0 aliphatic heterocycles. The summed E-state index contributed by atoms with van der Waals surface area (Å²) in [7, 11) is 0. The Morgan fingerprint density at radius 2 is 2.12 bits per heavy atom. The van der Waals surface area contributed by atoms with Crippen LogP contribution in [0.1, 0.15) is 12.7 Å². The van der Waals surface area contributed by atoms with Gasteiger partial charge in [-0.15, -0.1) is 10.2 Å². The standard InChI is InChI=1S/C11H9ClN4S/c1-2-9-13-14-11-16(9)15-10(17-11)7-5-3-4-6-8(7)12/h3-6H,2H2,1H3. The molecule has 0 spiro atoms. The lowest BCUT2D eigenvalue weighted by Gasteiger charge is -1.97. The Labute approximate surface area is 107 Å². The lowest BCUT2D eigenvalue weighted by atomic mass is 10.2. The van der Waals surface area contributed by atoms with Gasteiger partial charge in [-0.05, 0) is 6.07 Å². The Hall–Kier alpha value is -1.46. The first-order valence-electron chi connectivity index (χ1n) is 5.25. The molecule has 6 heteroatoms. The lowest BCUT2D eigenvalue weighted by Crippen LogP contribution is -1.93. The van der Waals surface area contributed by atoms with Crippen LogP contribution < -0.4 is 0 Å². The zero-order chi connectivity index (χ0) is 11.8. The van der Waals surface area contributed by atoms with Crippen LogP contribution in [0.2, 0.25) is 5.02 Å². The van der Waals surface area contributed by atoms with E-state index >= 15 is 0 Å². The van der Waals surface area contributed by atoms with Crippen LogP contribution >= 0.6 is 22.9 Å². The van der Waals surface area contributed by atoms with Crippen molar-refractivity contribution < 1.29 is 0 Å². The number of nitrogens with zero attached hydrogens (tertiary/aromatic N) is 4. The molecule has 0 amide bonds. The summed E-state index contributed by atoms with van der Waals surface area (Å²) in [6.45, 7) is 2.03. The molecule has 3 rings (SSSR count). The molecule has 0 aliphatic rings. The average molecular weight is 265 g/mol. The Kier molecular flexibility index (Phi) is 2.57. The van der Waals surface area contributed by atoms with Gasteiger partial charge in [-0.3, -0.25) is 0 Å². The summed E-state index contributed by atoms with van der Waals surface area (Å²) in [6, 6.07) is 7.67. The molecule has 0 N–H and O–H groups in total. The van der Waals surface area contributed by atoms with Crippen LogP contribution in [0.5, 0.6) is 0 Å². The number of aromatic nitrogens is 4. The maximum Gasteiger partial charge on any atom is 0.234 e. The summed E-state index contributed by atoms with van der Waals surface area (Å²) in [4.78, 5) is 0.803. The third kappa shape index (κ3) is 1.71. The highest BCUT2D eigenvalue weighted by Crippen LogP contribution is 2.30. The molecule has 2 heterocycles. The smallest absolute Gasteiger partial charge is 0.187 e. The predicted octanol–water partition coefficient (Wildman–Crippen LogP) is 3.07. The molecular formula is C11H9ClN4S. The van der Waals surface area contributed by atoms with Gasteiger partial charge in [-0.1, -0.05) is 48.1 Å². The van der Waals surface area contributed by atoms with Crippen LogP contribution in [0.4, 0.5) is 0 Å². The fourth-order valence-electron chi connectivity index (χ4n) is 1.62. The number of hydrogen-bond donors (Lipinski definition) is 0. The number of benzene rings is 1. The molecule has 0 unspecified atom stereocenters. The molecule has 0 fully saturated rings. The van der Waals surface area contributed by atoms with E-state index in [1.165, 1.54) is 11.3 Å². The van der Waals surface area contributed by atoms with Crippen molar-refractivity contribution in [3.8, 4) is 10.6 Å². The fourth-order valence-corrected chi connectivity index (χ4v) is 2.80. The second kappa shape index (κ2) is 4.09. The van der Waals surface area contributed by atoms with E-state index in [1.807, 2.05) is 31.2 Å². The molecule has 4 nitrogen and oxygen atoms in total. The summed E-state index contributed by atoms with van der Waals surface area (Å²) in [5.41, 5.74) is 0.937. The molecule has 0 saturated heterocycles. The molecule has 0 bridgehead atoms. The Morgan fingerprint density at radius 1 is 1.29 bits per heavy atom. The van der Waals surface area contributed by atoms with E-state index in [-0.39, 0.29) is 0 Å². The van der Waals surface area contributed by atoms with Crippen molar-refractivity contribution in [2.45, 2.75) is 13.3 Å². The van der Waals surface area contributed by atoms with Crippen LogP contribution in [-0.4, -0.2) is 19.8 Å². The summed E-state index contributed by atoms with van der Waals surface area (Å²) in [5, 5.41) is 14.2. The van der Waals surface area contributed by atoms with Crippen LogP contribution in [0.15, 0.2) is 24.3 Å². The topological polar surface area (TPSA) is 43.1 Å². The van der Waals surface area contributed by atoms with Crippen molar-refractivity contribution >= 4 is 27.9 Å². The largest absolute Gasteiger partial charge is 0.234 e. The summed E-state index contributed by atoms with van der Waals surface area (Å²) in [6.07, 6.45) is 0.812. The van der Waals surface area contributed by atoms with Crippen molar-refractivity contribution in [3.63, 3.8) is 0 Å². The molecule has 0 atom stereocenters. The molecule has 86 valence electrons. The maximum atomic E-state index is 6.15. The van der Waals surface area contributed by atoms with Crippen molar-refractivity contribution in [2.75, 3.05) is 0 Å². The first-order valence-corrected chi connectivity index (χ1v) is 6.45. The predicted molar refractivity (Wildman–Crippen MR) is 68.5 cm³/mol. The van der Waals surface area contributed by atoms with Crippen molar-refractivity contribution in [2.24, 2.45) is 0 Å². The van der Waals surface area contributed by atoms with Gasteiger partial charge >= 0.3 is 0 Å². The van der Waals surface area contributed by atoms with Gasteiger partial charge in [0.2, 0.25) is 4.96 Å². The second-order valence-electron chi connectivity index (χ2n) is 3.55. The van der Waals surface area contributed by atoms with E-state index in [4.69, 9.17) is 11.6 Å². The molecule has 17 heavy (non-hydrogen) atoms. The van der Waals surface area contributed by atoms with Crippen molar-refractivity contribution in [1.29, 1.82) is 0 Å². The zero-order valence-electron chi connectivity index (χ0n) is 9.09. The van der Waals surface area contributed by atoms with Gasteiger partial charge < -0.3 is 0 Å². The van der Waals surface area contributed by atoms with E-state index in [2.05, 4.69) is 15.3 Å². The van der Waals surface area contributed by atoms with Gasteiger partial charge in [0.15, 0.2) is 5.82 Å². The Balaban J connectivity index is 2.19. The minimum atomic E-state index is 0.704. The van der Waals surface area contributed by atoms with Crippen LogP contribution in [0.3, 0.4) is 0 Å². The first kappa shape index (κ1) is 10.7. The third-order valence-electron chi connectivity index (χ3n) is 2.48. The highest BCUT2D eigenvalue weighted by Gasteiger charge is 2.13. The maximum absolute atomic E-state index is 6.15. The normalized spacial score (nSPS) is 11.2. The van der Waals surface area contributed by atoms with Gasteiger partial charge in [0.05, 0.1) is 5.02 Å². The van der Waals surface area contributed by atoms with E-state index in [1.54, 1.807) is 4.52 Å². The molecule has 0 aliphatic carbocycles. The summed E-state index contributed by atoms with van der Waals surface area (Å²) >= 11 is 7.64. The molecule has 3 aromatic rings. The highest BCUT2D eigenvalue weighted by atomic mass is 35.5. The van der Waals surface area contributed by atoms with E-state index < -0.39 is 0 Å². The van der Waals surface area contributed by atoms with Crippen LogP contribution in [0.25, 0.3) is 15.5 Å². The van der Waals surface area contributed by atoms with E-state index in [0.717, 1.165) is 27.8 Å². The quantitative estimate of drug-likeness (QED) is 0.714. The molecule has 0 saturated carbocycles. The number of halogens is 1. The van der Waals surface area contributed by atoms with E-state index in [0.29, 0.717) is 5.02 Å². The summed E-state index contributed by atoms with van der Waals surface area (Å²) < 4.78 is 1.78. The number of rotatable bonds is 2. The number of aryl methyl sites for hydroxylation is 1. The average Bonchev–Trinajstić information content (AvgIpc) is 2.88. The molecule has 2 aromatic heterocycles. The highest BCUT2D eigenvalue weighted by molar-refractivity contribution is 7.19. The Bertz CT molecular complexity index is 673. The molecule has 1 aromatic carbocycles. The number of hydrogen-bond acceptors (Lipinski definition) is 4. The molecule has 0 radical (unpaired) electrons. The minimum Gasteiger partial charge on any atom is -0.187 e. The second-order valence-corrected chi connectivity index (χ2v) is 4.91. The minimum absolute atomic E-state index is 0.704. The Morgan fingerprint density at radius 3 is 2.88 bits per heavy atom. The van der Waals surface area contributed by atoms with Crippen LogP contribution in [-0.2, 0) is 6.42 Å². The van der Waals surface area contributed by atoms with Gasteiger partial charge in [0, 0.05) is 12.0 Å². The SMILES string of the molecule is CCc1nnc2sc(-c3ccccc3Cl)nn12. The zero-order valence-corrected chi connectivity index (χ0v) is 10.7. The third-order valence-corrected chi connectivity index (χ3v) is 3.74. The van der Waals surface area contributed by atoms with Crippen molar-refractivity contribution in [3.05, 3.63) is 35.1 Å². The first-order chi connectivity index (χ1) is 8.29. The van der Waals surface area contributed by atoms with Gasteiger partial charge in [0.1, 0.15) is 5.01 Å². The number of fused-ring (bicyclic) bond motifs is 1. The monoisotopic (exact) mass is 264 g/mol. The van der Waals surface area contributed by atoms with Crippen LogP contribution in [0, 0.1) is 0 Å². The van der Waals surface area contributed by atoms with Gasteiger partial charge in [0.25, 0.3) is 0 Å². The van der Waals surface area contributed by atoms with Gasteiger partial charge in [-0.2, -0.15) is 9.61 Å². The van der Waals surface area contributed by atoms with Crippen molar-refractivity contribution in [1.82, 2.24) is 19.8 Å². The molecular weight excluding hydrogens is 256 g/mol. The van der Waals surface area contributed by atoms with Gasteiger partial charge in [-0.25, -0.2) is 0 Å². The lowest BCUT2D eigenvalue weighted by molar-refractivity contribution is 0.838. The van der Waals surface area contributed by atoms with E-state index in [9.17, 15) is 0 Å².